The topological polar surface area (TPSA) is 92.7 Å². The molecule has 2 N–H and O–H groups in total. The number of aryl methyl sites for hydroxylation is 1. The fourth-order valence-electron chi connectivity index (χ4n) is 2.27. The van der Waals surface area contributed by atoms with Crippen molar-refractivity contribution in [3.8, 4) is 5.95 Å². The molecular formula is C17H17N5O2. The molecule has 7 heteroatoms. The molecule has 3 aromatic rings. The van der Waals surface area contributed by atoms with Crippen molar-refractivity contribution in [1.29, 1.82) is 0 Å². The normalized spacial score (nSPS) is 11.9. The summed E-state index contributed by atoms with van der Waals surface area (Å²) in [5.41, 5.74) is 1.56. The highest BCUT2D eigenvalue weighted by molar-refractivity contribution is 5.93. The molecule has 0 aliphatic rings. The van der Waals surface area contributed by atoms with Crippen LogP contribution in [0.3, 0.4) is 0 Å². The quantitative estimate of drug-likeness (QED) is 0.765. The number of hydrogen-bond acceptors (Lipinski definition) is 4. The van der Waals surface area contributed by atoms with E-state index in [1.54, 1.807) is 18.5 Å². The second-order valence-electron chi connectivity index (χ2n) is 5.51. The summed E-state index contributed by atoms with van der Waals surface area (Å²) in [7, 11) is 0. The van der Waals surface area contributed by atoms with Crippen molar-refractivity contribution >= 4 is 5.91 Å². The Hall–Kier alpha value is -3.22. The summed E-state index contributed by atoms with van der Waals surface area (Å²) in [5.74, 6) is -0.211. The predicted molar refractivity (Wildman–Crippen MR) is 89.0 cm³/mol. The number of nitrogens with zero attached hydrogens (tertiary/aromatic N) is 3. The number of benzene rings is 1. The van der Waals surface area contributed by atoms with Gasteiger partial charge in [0.1, 0.15) is 5.56 Å². The highest BCUT2D eigenvalue weighted by Gasteiger charge is 2.15. The van der Waals surface area contributed by atoms with Crippen LogP contribution in [0.1, 0.15) is 34.5 Å². The molecule has 0 saturated carbocycles. The average molecular weight is 323 g/mol. The van der Waals surface area contributed by atoms with Gasteiger partial charge >= 0.3 is 0 Å². The fraction of sp³-hybridized carbons (Fsp3) is 0.176. The summed E-state index contributed by atoms with van der Waals surface area (Å²) < 4.78 is 1.41. The molecular weight excluding hydrogens is 306 g/mol. The Morgan fingerprint density at radius 3 is 2.67 bits per heavy atom. The number of hydrogen-bond donors (Lipinski definition) is 2. The van der Waals surface area contributed by atoms with Gasteiger partial charge in [-0.15, -0.1) is 0 Å². The van der Waals surface area contributed by atoms with E-state index in [-0.39, 0.29) is 17.6 Å². The lowest BCUT2D eigenvalue weighted by molar-refractivity contribution is 0.0938. The highest BCUT2D eigenvalue weighted by atomic mass is 16.2. The van der Waals surface area contributed by atoms with Crippen molar-refractivity contribution in [2.24, 2.45) is 0 Å². The molecule has 0 aliphatic heterocycles. The number of rotatable bonds is 4. The molecule has 24 heavy (non-hydrogen) atoms. The SMILES string of the molecule is Cc1ccc([C@@H](C)NC(=O)c2cnc(-n3cccn3)[nH]c2=O)cc1. The summed E-state index contributed by atoms with van der Waals surface area (Å²) in [6, 6.07) is 9.34. The second kappa shape index (κ2) is 6.49. The van der Waals surface area contributed by atoms with Crippen LogP contribution < -0.4 is 10.9 Å². The average Bonchev–Trinajstić information content (AvgIpc) is 3.09. The Morgan fingerprint density at radius 1 is 1.29 bits per heavy atom. The standard InChI is InChI=1S/C17H17N5O2/c1-11-4-6-13(7-5-11)12(2)20-15(23)14-10-18-17(21-16(14)24)22-9-3-8-19-22/h3-10,12H,1-2H3,(H,20,23)(H,18,21,24)/t12-/m1/s1. The number of carbonyl (C=O) groups excluding carboxylic acids is 1. The molecule has 0 unspecified atom stereocenters. The van der Waals surface area contributed by atoms with Gasteiger partial charge in [0.15, 0.2) is 0 Å². The van der Waals surface area contributed by atoms with Crippen molar-refractivity contribution in [3.63, 3.8) is 0 Å². The van der Waals surface area contributed by atoms with Gasteiger partial charge in [-0.05, 0) is 25.5 Å². The van der Waals surface area contributed by atoms with Crippen LogP contribution in [0.5, 0.6) is 0 Å². The molecule has 1 amide bonds. The molecule has 2 heterocycles. The van der Waals surface area contributed by atoms with Crippen molar-refractivity contribution in [1.82, 2.24) is 25.1 Å². The van der Waals surface area contributed by atoms with Gasteiger partial charge in [0, 0.05) is 18.6 Å². The summed E-state index contributed by atoms with van der Waals surface area (Å²) in [6.07, 6.45) is 4.48. The van der Waals surface area contributed by atoms with Gasteiger partial charge in [-0.3, -0.25) is 14.6 Å². The zero-order valence-electron chi connectivity index (χ0n) is 13.4. The van der Waals surface area contributed by atoms with Gasteiger partial charge in [0.25, 0.3) is 11.5 Å². The number of carbonyl (C=O) groups is 1. The first-order chi connectivity index (χ1) is 11.5. The van der Waals surface area contributed by atoms with Crippen LogP contribution in [0.2, 0.25) is 0 Å². The maximum absolute atomic E-state index is 12.3. The van der Waals surface area contributed by atoms with E-state index in [4.69, 9.17) is 0 Å². The molecule has 0 saturated heterocycles. The van der Waals surface area contributed by atoms with Crippen LogP contribution in [0.4, 0.5) is 0 Å². The van der Waals surface area contributed by atoms with E-state index in [2.05, 4.69) is 20.4 Å². The van der Waals surface area contributed by atoms with Gasteiger partial charge in [-0.25, -0.2) is 9.67 Å². The molecule has 2 aromatic heterocycles. The molecule has 0 radical (unpaired) electrons. The molecule has 3 rings (SSSR count). The predicted octanol–water partition coefficient (Wildman–Crippen LogP) is 1.76. The molecule has 1 aromatic carbocycles. The third-order valence-corrected chi connectivity index (χ3v) is 3.68. The first kappa shape index (κ1) is 15.7. The second-order valence-corrected chi connectivity index (χ2v) is 5.51. The maximum atomic E-state index is 12.3. The van der Waals surface area contributed by atoms with Gasteiger partial charge in [0.2, 0.25) is 5.95 Å². The summed E-state index contributed by atoms with van der Waals surface area (Å²) in [4.78, 5) is 31.1. The number of aromatic amines is 1. The van der Waals surface area contributed by atoms with Crippen LogP contribution >= 0.6 is 0 Å². The van der Waals surface area contributed by atoms with Crippen molar-refractivity contribution in [2.45, 2.75) is 19.9 Å². The first-order valence-electron chi connectivity index (χ1n) is 7.51. The highest BCUT2D eigenvalue weighted by Crippen LogP contribution is 2.13. The van der Waals surface area contributed by atoms with Crippen LogP contribution in [0.15, 0.2) is 53.7 Å². The number of amides is 1. The number of H-pyrrole nitrogens is 1. The first-order valence-corrected chi connectivity index (χ1v) is 7.51. The lowest BCUT2D eigenvalue weighted by atomic mass is 10.1. The molecule has 0 aliphatic carbocycles. The van der Waals surface area contributed by atoms with E-state index in [0.717, 1.165) is 11.1 Å². The van der Waals surface area contributed by atoms with Gasteiger partial charge < -0.3 is 5.32 Å². The Morgan fingerprint density at radius 2 is 2.04 bits per heavy atom. The number of aromatic nitrogens is 4. The van der Waals surface area contributed by atoms with E-state index < -0.39 is 11.5 Å². The van der Waals surface area contributed by atoms with Crippen molar-refractivity contribution < 1.29 is 4.79 Å². The molecule has 0 spiro atoms. The van der Waals surface area contributed by atoms with E-state index in [1.807, 2.05) is 38.1 Å². The minimum atomic E-state index is -0.510. The lowest BCUT2D eigenvalue weighted by Gasteiger charge is -2.14. The van der Waals surface area contributed by atoms with Crippen LogP contribution in [-0.4, -0.2) is 25.7 Å². The maximum Gasteiger partial charge on any atom is 0.265 e. The third-order valence-electron chi connectivity index (χ3n) is 3.68. The largest absolute Gasteiger partial charge is 0.345 e. The summed E-state index contributed by atoms with van der Waals surface area (Å²) in [5, 5.41) is 6.79. The zero-order valence-corrected chi connectivity index (χ0v) is 13.4. The Balaban J connectivity index is 1.77. The van der Waals surface area contributed by atoms with Crippen molar-refractivity contribution in [2.75, 3.05) is 0 Å². The van der Waals surface area contributed by atoms with Gasteiger partial charge in [-0.1, -0.05) is 29.8 Å². The summed E-state index contributed by atoms with van der Waals surface area (Å²) in [6.45, 7) is 3.86. The van der Waals surface area contributed by atoms with E-state index >= 15 is 0 Å². The molecule has 122 valence electrons. The lowest BCUT2D eigenvalue weighted by Crippen LogP contribution is -2.32. The Kier molecular flexibility index (Phi) is 4.24. The Labute approximate surface area is 138 Å². The molecule has 1 atom stereocenters. The monoisotopic (exact) mass is 323 g/mol. The van der Waals surface area contributed by atoms with Crippen LogP contribution in [0.25, 0.3) is 5.95 Å². The number of nitrogens with one attached hydrogen (secondary N) is 2. The third kappa shape index (κ3) is 3.24. The van der Waals surface area contributed by atoms with Gasteiger partial charge in [0.05, 0.1) is 6.04 Å². The zero-order chi connectivity index (χ0) is 17.1. The molecule has 0 fully saturated rings. The summed E-state index contributed by atoms with van der Waals surface area (Å²) >= 11 is 0. The minimum Gasteiger partial charge on any atom is -0.345 e. The van der Waals surface area contributed by atoms with Crippen LogP contribution in [0, 0.1) is 6.92 Å². The van der Waals surface area contributed by atoms with Crippen molar-refractivity contribution in [3.05, 3.63) is 76.0 Å². The smallest absolute Gasteiger partial charge is 0.265 e. The van der Waals surface area contributed by atoms with E-state index in [1.165, 1.54) is 10.9 Å². The van der Waals surface area contributed by atoms with E-state index in [9.17, 15) is 9.59 Å². The molecule has 7 nitrogen and oxygen atoms in total. The fourth-order valence-corrected chi connectivity index (χ4v) is 2.27. The minimum absolute atomic E-state index is 0.0372. The molecule has 0 bridgehead atoms. The van der Waals surface area contributed by atoms with Gasteiger partial charge in [-0.2, -0.15) is 5.10 Å². The van der Waals surface area contributed by atoms with E-state index in [0.29, 0.717) is 0 Å². The Bertz CT molecular complexity index is 897. The van der Waals surface area contributed by atoms with Crippen LogP contribution in [-0.2, 0) is 0 Å².